The number of nitrogens with one attached hydrogen (secondary N) is 1. The lowest BCUT2D eigenvalue weighted by molar-refractivity contribution is -0.384. The Morgan fingerprint density at radius 1 is 1.18 bits per heavy atom. The highest BCUT2D eigenvalue weighted by Gasteiger charge is 2.12. The second-order valence-electron chi connectivity index (χ2n) is 4.90. The van der Waals surface area contributed by atoms with E-state index in [4.69, 9.17) is 5.73 Å². The minimum absolute atomic E-state index is 0.0432. The van der Waals surface area contributed by atoms with Crippen molar-refractivity contribution < 1.29 is 9.72 Å². The maximum atomic E-state index is 11.1. The van der Waals surface area contributed by atoms with Crippen molar-refractivity contribution in [3.63, 3.8) is 0 Å². The van der Waals surface area contributed by atoms with Crippen LogP contribution < -0.4 is 11.1 Å². The number of nitro groups is 1. The number of hydrogen-bond acceptors (Lipinski definition) is 5. The van der Waals surface area contributed by atoms with Gasteiger partial charge in [0, 0.05) is 35.5 Å². The third-order valence-electron chi connectivity index (χ3n) is 3.33. The number of non-ortho nitro benzene ring substituents is 1. The molecule has 0 aliphatic carbocycles. The van der Waals surface area contributed by atoms with E-state index in [-0.39, 0.29) is 11.6 Å². The number of hydrogen-bond donors (Lipinski definition) is 2. The zero-order chi connectivity index (χ0) is 15.9. The Balaban J connectivity index is 2.28. The molecule has 1 amide bonds. The van der Waals surface area contributed by atoms with Gasteiger partial charge < -0.3 is 11.1 Å². The van der Waals surface area contributed by atoms with E-state index in [0.717, 1.165) is 0 Å². The summed E-state index contributed by atoms with van der Waals surface area (Å²) in [5.74, 6) is -0.192. The summed E-state index contributed by atoms with van der Waals surface area (Å²) in [6.07, 6.45) is 0. The van der Waals surface area contributed by atoms with Gasteiger partial charge in [-0.2, -0.15) is 0 Å². The van der Waals surface area contributed by atoms with Gasteiger partial charge in [-0.25, -0.2) is 4.98 Å². The average Bonchev–Trinajstić information content (AvgIpc) is 2.47. The molecule has 0 aliphatic rings. The Labute approximate surface area is 124 Å². The Kier molecular flexibility index (Phi) is 3.10. The van der Waals surface area contributed by atoms with Crippen LogP contribution in [0.3, 0.4) is 0 Å². The fraction of sp³-hybridized carbons (Fsp3) is 0.0667. The van der Waals surface area contributed by atoms with E-state index in [0.29, 0.717) is 33.2 Å². The first kappa shape index (κ1) is 13.7. The molecular formula is C15H12N4O3. The maximum absolute atomic E-state index is 11.1. The number of benzene rings is 2. The number of nitrogen functional groups attached to an aromatic ring is 1. The standard InChI is InChI=1S/C15H12N4O3/c1-8(20)17-9-2-4-13-11(6-9)15(16)12-7-10(19(21)22)3-5-14(12)18-13/h2-7H,1H3,(H2,16,18)(H,17,20). The van der Waals surface area contributed by atoms with Gasteiger partial charge in [-0.3, -0.25) is 14.9 Å². The first-order valence-corrected chi connectivity index (χ1v) is 6.50. The molecule has 110 valence electrons. The average molecular weight is 296 g/mol. The summed E-state index contributed by atoms with van der Waals surface area (Å²) in [7, 11) is 0. The van der Waals surface area contributed by atoms with Crippen LogP contribution in [-0.2, 0) is 4.79 Å². The normalized spacial score (nSPS) is 10.8. The van der Waals surface area contributed by atoms with E-state index in [9.17, 15) is 14.9 Å². The smallest absolute Gasteiger partial charge is 0.270 e. The number of rotatable bonds is 2. The summed E-state index contributed by atoms with van der Waals surface area (Å²) in [6, 6.07) is 9.56. The Morgan fingerprint density at radius 3 is 2.45 bits per heavy atom. The lowest BCUT2D eigenvalue weighted by Crippen LogP contribution is -2.05. The molecule has 0 bridgehead atoms. The number of amides is 1. The van der Waals surface area contributed by atoms with Crippen LogP contribution in [0.1, 0.15) is 6.92 Å². The molecule has 3 aromatic rings. The molecule has 7 nitrogen and oxygen atoms in total. The number of nitrogens with two attached hydrogens (primary N) is 1. The fourth-order valence-electron chi connectivity index (χ4n) is 2.36. The van der Waals surface area contributed by atoms with Gasteiger partial charge in [0.05, 0.1) is 21.6 Å². The summed E-state index contributed by atoms with van der Waals surface area (Å²) in [4.78, 5) is 26.0. The number of pyridine rings is 1. The van der Waals surface area contributed by atoms with Crippen molar-refractivity contribution >= 4 is 44.8 Å². The SMILES string of the molecule is CC(=O)Nc1ccc2nc3ccc([N+](=O)[O-])cc3c(N)c2c1. The Hall–Kier alpha value is -3.22. The van der Waals surface area contributed by atoms with Gasteiger partial charge in [0.1, 0.15) is 0 Å². The van der Waals surface area contributed by atoms with Gasteiger partial charge in [0.2, 0.25) is 5.91 Å². The van der Waals surface area contributed by atoms with E-state index in [1.807, 2.05) is 0 Å². The molecule has 0 saturated carbocycles. The maximum Gasteiger partial charge on any atom is 0.270 e. The molecule has 3 rings (SSSR count). The molecule has 0 aliphatic heterocycles. The second kappa shape index (κ2) is 4.96. The molecule has 1 heterocycles. The molecule has 1 aromatic heterocycles. The van der Waals surface area contributed by atoms with Crippen LogP contribution >= 0.6 is 0 Å². The largest absolute Gasteiger partial charge is 0.398 e. The zero-order valence-electron chi connectivity index (χ0n) is 11.7. The lowest BCUT2D eigenvalue weighted by atomic mass is 10.1. The third kappa shape index (κ3) is 2.28. The molecular weight excluding hydrogens is 284 g/mol. The molecule has 0 spiro atoms. The van der Waals surface area contributed by atoms with Gasteiger partial charge in [0.25, 0.3) is 5.69 Å². The van der Waals surface area contributed by atoms with Gasteiger partial charge in [0.15, 0.2) is 0 Å². The van der Waals surface area contributed by atoms with E-state index in [1.165, 1.54) is 19.1 Å². The van der Waals surface area contributed by atoms with Gasteiger partial charge in [-0.1, -0.05) is 0 Å². The summed E-state index contributed by atoms with van der Waals surface area (Å²) in [5.41, 5.74) is 8.35. The molecule has 22 heavy (non-hydrogen) atoms. The number of nitro benzene ring substituents is 1. The molecule has 0 radical (unpaired) electrons. The first-order chi connectivity index (χ1) is 10.5. The van der Waals surface area contributed by atoms with Crippen LogP contribution in [0, 0.1) is 10.1 Å². The zero-order valence-corrected chi connectivity index (χ0v) is 11.7. The van der Waals surface area contributed by atoms with Gasteiger partial charge in [-0.15, -0.1) is 0 Å². The van der Waals surface area contributed by atoms with Gasteiger partial charge >= 0.3 is 0 Å². The van der Waals surface area contributed by atoms with Crippen molar-refractivity contribution in [1.29, 1.82) is 0 Å². The molecule has 0 unspecified atom stereocenters. The van der Waals surface area contributed by atoms with E-state index in [1.54, 1.807) is 24.3 Å². The Morgan fingerprint density at radius 2 is 1.82 bits per heavy atom. The summed E-state index contributed by atoms with van der Waals surface area (Å²) in [5, 5.41) is 14.7. The summed E-state index contributed by atoms with van der Waals surface area (Å²) < 4.78 is 0. The van der Waals surface area contributed by atoms with Crippen molar-refractivity contribution in [3.05, 3.63) is 46.5 Å². The molecule has 7 heteroatoms. The fourth-order valence-corrected chi connectivity index (χ4v) is 2.36. The van der Waals surface area contributed by atoms with Crippen LogP contribution in [0.4, 0.5) is 17.1 Å². The van der Waals surface area contributed by atoms with Crippen molar-refractivity contribution in [2.24, 2.45) is 0 Å². The number of carbonyl (C=O) groups excluding carboxylic acids is 1. The van der Waals surface area contributed by atoms with Crippen molar-refractivity contribution in [3.8, 4) is 0 Å². The predicted molar refractivity (Wildman–Crippen MR) is 84.6 cm³/mol. The minimum Gasteiger partial charge on any atom is -0.398 e. The molecule has 0 atom stereocenters. The molecule has 2 aromatic carbocycles. The number of aromatic nitrogens is 1. The molecule has 3 N–H and O–H groups in total. The van der Waals surface area contributed by atoms with Crippen LogP contribution in [0.25, 0.3) is 21.8 Å². The van der Waals surface area contributed by atoms with Crippen LogP contribution in [0.15, 0.2) is 36.4 Å². The molecule has 0 saturated heterocycles. The number of carbonyl (C=O) groups is 1. The number of fused-ring (bicyclic) bond motifs is 2. The van der Waals surface area contributed by atoms with Gasteiger partial charge in [-0.05, 0) is 24.3 Å². The summed E-state index contributed by atoms with van der Waals surface area (Å²) >= 11 is 0. The highest BCUT2D eigenvalue weighted by Crippen LogP contribution is 2.32. The van der Waals surface area contributed by atoms with Crippen LogP contribution in [0.2, 0.25) is 0 Å². The van der Waals surface area contributed by atoms with Crippen molar-refractivity contribution in [2.75, 3.05) is 11.1 Å². The first-order valence-electron chi connectivity index (χ1n) is 6.50. The summed E-state index contributed by atoms with van der Waals surface area (Å²) in [6.45, 7) is 1.41. The molecule has 0 fully saturated rings. The van der Waals surface area contributed by atoms with Crippen LogP contribution in [-0.4, -0.2) is 15.8 Å². The number of anilines is 2. The van der Waals surface area contributed by atoms with Crippen LogP contribution in [0.5, 0.6) is 0 Å². The highest BCUT2D eigenvalue weighted by molar-refractivity contribution is 6.08. The lowest BCUT2D eigenvalue weighted by Gasteiger charge is -2.09. The van der Waals surface area contributed by atoms with Crippen molar-refractivity contribution in [2.45, 2.75) is 6.92 Å². The Bertz CT molecular complexity index is 937. The van der Waals surface area contributed by atoms with Crippen molar-refractivity contribution in [1.82, 2.24) is 4.98 Å². The van der Waals surface area contributed by atoms with E-state index >= 15 is 0 Å². The third-order valence-corrected chi connectivity index (χ3v) is 3.33. The van der Waals surface area contributed by atoms with E-state index in [2.05, 4.69) is 10.3 Å². The topological polar surface area (TPSA) is 111 Å². The highest BCUT2D eigenvalue weighted by atomic mass is 16.6. The monoisotopic (exact) mass is 296 g/mol. The minimum atomic E-state index is -0.475. The quantitative estimate of drug-likeness (QED) is 0.429. The predicted octanol–water partition coefficient (Wildman–Crippen LogP) is 2.84. The van der Waals surface area contributed by atoms with E-state index < -0.39 is 4.92 Å². The second-order valence-corrected chi connectivity index (χ2v) is 4.90. The number of nitrogens with zero attached hydrogens (tertiary/aromatic N) is 2.